The van der Waals surface area contributed by atoms with Gasteiger partial charge in [-0.3, -0.25) is 4.79 Å². The van der Waals surface area contributed by atoms with Crippen molar-refractivity contribution in [3.05, 3.63) is 35.4 Å². The smallest absolute Gasteiger partial charge is 0.228 e. The largest absolute Gasteiger partial charge is 0.380 e. The summed E-state index contributed by atoms with van der Waals surface area (Å²) in [4.78, 5) is 20.0. The molecule has 1 amide bonds. The molecule has 0 fully saturated rings. The van der Waals surface area contributed by atoms with Crippen LogP contribution < -0.4 is 11.1 Å². The first kappa shape index (κ1) is 24.4. The normalized spacial score (nSPS) is 7.81. The van der Waals surface area contributed by atoms with E-state index in [-0.39, 0.29) is 13.3 Å². The summed E-state index contributed by atoms with van der Waals surface area (Å²) < 4.78 is 4.99. The summed E-state index contributed by atoms with van der Waals surface area (Å²) in [5.41, 5.74) is 7.78. The van der Waals surface area contributed by atoms with Crippen LogP contribution in [0.4, 0.5) is 0 Å². The number of carbonyl (C=O) groups is 2. The van der Waals surface area contributed by atoms with Crippen molar-refractivity contribution in [2.45, 2.75) is 27.4 Å². The highest BCUT2D eigenvalue weighted by molar-refractivity contribution is 7.78. The molecule has 0 aliphatic heterocycles. The van der Waals surface area contributed by atoms with E-state index >= 15 is 0 Å². The monoisotopic (exact) mass is 314 g/mol. The zero-order valence-corrected chi connectivity index (χ0v) is 12.9. The number of hydrogen-bond donors (Lipinski definition) is 2. The highest BCUT2D eigenvalue weighted by Crippen LogP contribution is 2.05. The lowest BCUT2D eigenvalue weighted by Crippen LogP contribution is -2.22. The number of amides is 1. The molecule has 0 radical (unpaired) electrons. The van der Waals surface area contributed by atoms with Gasteiger partial charge in [-0.2, -0.15) is 0 Å². The van der Waals surface area contributed by atoms with Gasteiger partial charge < -0.3 is 20.6 Å². The number of benzene rings is 1. The van der Waals surface area contributed by atoms with E-state index in [1.54, 1.807) is 7.11 Å². The van der Waals surface area contributed by atoms with E-state index in [0.29, 0.717) is 13.0 Å². The molecule has 0 heterocycles. The van der Waals surface area contributed by atoms with Gasteiger partial charge in [0.25, 0.3) is 0 Å². The number of aldehydes is 1. The molecule has 0 saturated heterocycles. The van der Waals surface area contributed by atoms with Gasteiger partial charge in [0.2, 0.25) is 5.91 Å². The van der Waals surface area contributed by atoms with Gasteiger partial charge in [-0.1, -0.05) is 43.9 Å². The van der Waals surface area contributed by atoms with Crippen molar-refractivity contribution in [2.24, 2.45) is 5.73 Å². The Morgan fingerprint density at radius 2 is 1.71 bits per heavy atom. The molecule has 120 valence electrons. The van der Waals surface area contributed by atoms with Crippen LogP contribution in [0.1, 0.15) is 25.5 Å². The second-order valence-corrected chi connectivity index (χ2v) is 3.58. The highest BCUT2D eigenvalue weighted by atomic mass is 32.1. The first-order valence-electron chi connectivity index (χ1n) is 5.95. The third-order valence-electron chi connectivity index (χ3n) is 1.92. The van der Waals surface area contributed by atoms with Gasteiger partial charge in [0.05, 0.1) is 18.5 Å². The van der Waals surface area contributed by atoms with Gasteiger partial charge in [0.1, 0.15) is 6.29 Å². The van der Waals surface area contributed by atoms with Crippen LogP contribution in [0.25, 0.3) is 0 Å². The minimum atomic E-state index is -0.0931. The van der Waals surface area contributed by atoms with Crippen LogP contribution in [0.2, 0.25) is 0 Å². The molecule has 0 aromatic heterocycles. The van der Waals surface area contributed by atoms with Gasteiger partial charge in [-0.15, -0.1) is 0 Å². The Morgan fingerprint density at radius 3 is 2.10 bits per heavy atom. The number of hydrogen-bond acceptors (Lipinski definition) is 5. The van der Waals surface area contributed by atoms with Crippen LogP contribution >= 0.6 is 12.2 Å². The summed E-state index contributed by atoms with van der Waals surface area (Å²) in [7, 11) is 3.15. The van der Waals surface area contributed by atoms with E-state index in [9.17, 15) is 4.79 Å². The number of rotatable bonds is 5. The third kappa shape index (κ3) is 14.6. The van der Waals surface area contributed by atoms with Crippen LogP contribution in [0, 0.1) is 0 Å². The molecule has 0 unspecified atom stereocenters. The molecular formula is C15H26N2O3S. The first-order chi connectivity index (χ1) is 9.67. The number of nitrogens with two attached hydrogens (primary N) is 1. The zero-order valence-electron chi connectivity index (χ0n) is 12.1. The molecule has 21 heavy (non-hydrogen) atoms. The van der Waals surface area contributed by atoms with Crippen molar-refractivity contribution >= 4 is 29.9 Å². The molecule has 0 spiro atoms. The average Bonchev–Trinajstić information content (AvgIpc) is 2.45. The maximum atomic E-state index is 11.2. The second-order valence-electron chi connectivity index (χ2n) is 3.35. The Hall–Kier alpha value is -1.63. The third-order valence-corrected chi connectivity index (χ3v) is 2.04. The zero-order chi connectivity index (χ0) is 15.8. The molecule has 1 aromatic rings. The minimum Gasteiger partial charge on any atom is -0.380 e. The Labute approximate surface area is 132 Å². The van der Waals surface area contributed by atoms with Gasteiger partial charge in [-0.25, -0.2) is 0 Å². The summed E-state index contributed by atoms with van der Waals surface area (Å²) >= 11 is 4.53. The van der Waals surface area contributed by atoms with E-state index < -0.39 is 0 Å². The van der Waals surface area contributed by atoms with Crippen LogP contribution in [-0.2, 0) is 27.4 Å². The van der Waals surface area contributed by atoms with Gasteiger partial charge in [-0.05, 0) is 25.1 Å². The van der Waals surface area contributed by atoms with E-state index in [4.69, 9.17) is 9.53 Å². The molecule has 6 heteroatoms. The van der Waals surface area contributed by atoms with Crippen LogP contribution in [-0.4, -0.2) is 31.8 Å². The molecular weight excluding hydrogens is 288 g/mol. The number of carbonyl (C=O) groups excluding carboxylic acids is 2. The van der Waals surface area contributed by atoms with E-state index in [1.807, 2.05) is 24.3 Å². The van der Waals surface area contributed by atoms with Crippen molar-refractivity contribution in [1.82, 2.24) is 5.32 Å². The maximum Gasteiger partial charge on any atom is 0.228 e. The van der Waals surface area contributed by atoms with Crippen LogP contribution in [0.15, 0.2) is 24.3 Å². The topological polar surface area (TPSA) is 81.4 Å². The molecule has 0 atom stereocenters. The Bertz CT molecular complexity index is 381. The summed E-state index contributed by atoms with van der Waals surface area (Å²) in [6, 6.07) is 7.72. The predicted molar refractivity (Wildman–Crippen MR) is 91.2 cm³/mol. The lowest BCUT2D eigenvalue weighted by atomic mass is 10.1. The van der Waals surface area contributed by atoms with Crippen LogP contribution in [0.3, 0.4) is 0 Å². The quantitative estimate of drug-likeness (QED) is 0.640. The lowest BCUT2D eigenvalue weighted by molar-refractivity contribution is -0.118. The summed E-state index contributed by atoms with van der Waals surface area (Å²) in [5, 5.41) is 2.46. The Balaban J connectivity index is -0.000000479. The summed E-state index contributed by atoms with van der Waals surface area (Å²) in [6.07, 6.45) is 1.10. The molecule has 1 aromatic carbocycles. The standard InChI is InChI=1S/C11H13NO2S.C2H4O.CH5N.CH4/c1-14-7-10-4-2-9(3-5-10)6-11(13)12-8-15;1-2-3;1-2;/h2-5,8H,6-7H2,1H3,(H,12,13,15);2H,1H3;2H2,1H3;1H4. The molecule has 1 rings (SSSR count). The Morgan fingerprint density at radius 1 is 1.29 bits per heavy atom. The molecule has 0 bridgehead atoms. The van der Waals surface area contributed by atoms with Gasteiger partial charge in [0, 0.05) is 7.11 Å². The number of methoxy groups -OCH3 is 1. The van der Waals surface area contributed by atoms with E-state index in [1.165, 1.54) is 19.5 Å². The van der Waals surface area contributed by atoms with Crippen molar-refractivity contribution in [1.29, 1.82) is 0 Å². The van der Waals surface area contributed by atoms with Crippen molar-refractivity contribution < 1.29 is 14.3 Å². The molecule has 0 aliphatic carbocycles. The Kier molecular flexibility index (Phi) is 21.3. The second kappa shape index (κ2) is 18.4. The van der Waals surface area contributed by atoms with E-state index in [0.717, 1.165) is 17.4 Å². The SMILES string of the molecule is C.CC=O.CN.COCc1ccc(CC(=O)NC=S)cc1. The average molecular weight is 314 g/mol. The summed E-state index contributed by atoms with van der Waals surface area (Å²) in [6.45, 7) is 2.03. The molecule has 5 nitrogen and oxygen atoms in total. The lowest BCUT2D eigenvalue weighted by Gasteiger charge is -2.02. The fraction of sp³-hybridized carbons (Fsp3) is 0.400. The minimum absolute atomic E-state index is 0. The molecule has 3 N–H and O–H groups in total. The van der Waals surface area contributed by atoms with Crippen molar-refractivity contribution in [3.8, 4) is 0 Å². The number of ether oxygens (including phenoxy) is 1. The number of nitrogens with one attached hydrogen (secondary N) is 1. The first-order valence-corrected chi connectivity index (χ1v) is 6.42. The molecule has 0 saturated carbocycles. The summed E-state index contributed by atoms with van der Waals surface area (Å²) in [5.74, 6) is -0.0931. The fourth-order valence-electron chi connectivity index (χ4n) is 1.22. The maximum absolute atomic E-state index is 11.2. The van der Waals surface area contributed by atoms with Crippen LogP contribution in [0.5, 0.6) is 0 Å². The fourth-order valence-corrected chi connectivity index (χ4v) is 1.35. The predicted octanol–water partition coefficient (Wildman–Crippen LogP) is 1.87. The van der Waals surface area contributed by atoms with Crippen molar-refractivity contribution in [2.75, 3.05) is 14.2 Å². The van der Waals surface area contributed by atoms with Gasteiger partial charge >= 0.3 is 0 Å². The van der Waals surface area contributed by atoms with E-state index in [2.05, 4.69) is 23.3 Å². The van der Waals surface area contributed by atoms with Gasteiger partial charge in [0.15, 0.2) is 0 Å². The van der Waals surface area contributed by atoms with Crippen molar-refractivity contribution in [3.63, 3.8) is 0 Å². The molecule has 0 aliphatic rings. The highest BCUT2D eigenvalue weighted by Gasteiger charge is 2.01. The number of thiocarbonyl (C=S) groups is 1.